The molecular formula is C31H36N2O4S. The molecule has 0 aliphatic carbocycles. The Hall–Kier alpha value is -3.45. The zero-order valence-electron chi connectivity index (χ0n) is 23.3. The first kappa shape index (κ1) is 27.6. The third-order valence-electron chi connectivity index (χ3n) is 6.92. The predicted molar refractivity (Wildman–Crippen MR) is 151 cm³/mol. The summed E-state index contributed by atoms with van der Waals surface area (Å²) in [5.74, 6) is -1.32. The maximum absolute atomic E-state index is 14.0. The summed E-state index contributed by atoms with van der Waals surface area (Å²) >= 11 is 1.26. The van der Waals surface area contributed by atoms with Crippen LogP contribution in [0.4, 0.5) is 0 Å². The largest absolute Gasteiger partial charge is 0.507 e. The number of nitrogens with zero attached hydrogens (tertiary/aromatic N) is 2. The molecule has 1 atom stereocenters. The molecule has 0 bridgehead atoms. The van der Waals surface area contributed by atoms with Crippen molar-refractivity contribution in [3.8, 4) is 5.75 Å². The normalized spacial score (nSPS) is 16.5. The lowest BCUT2D eigenvalue weighted by molar-refractivity contribution is -0.130. The number of benzene rings is 2. The topological polar surface area (TPSA) is 90.7 Å². The Morgan fingerprint density at radius 1 is 0.974 bits per heavy atom. The molecule has 38 heavy (non-hydrogen) atoms. The Morgan fingerprint density at radius 3 is 2.00 bits per heavy atom. The van der Waals surface area contributed by atoms with Crippen LogP contribution in [-0.2, 0) is 22.2 Å². The van der Waals surface area contributed by atoms with E-state index in [2.05, 4.69) is 4.98 Å². The molecule has 0 fully saturated rings. The Labute approximate surface area is 228 Å². The lowest BCUT2D eigenvalue weighted by Crippen LogP contribution is -2.31. The van der Waals surface area contributed by atoms with Gasteiger partial charge in [0.15, 0.2) is 5.76 Å². The van der Waals surface area contributed by atoms with Crippen molar-refractivity contribution in [2.45, 2.75) is 78.8 Å². The van der Waals surface area contributed by atoms with Crippen LogP contribution in [-0.4, -0.2) is 31.8 Å². The molecule has 0 spiro atoms. The van der Waals surface area contributed by atoms with Crippen molar-refractivity contribution >= 4 is 23.0 Å². The average Bonchev–Trinajstić information content (AvgIpc) is 3.28. The van der Waals surface area contributed by atoms with Gasteiger partial charge in [0.25, 0.3) is 5.91 Å². The van der Waals surface area contributed by atoms with Gasteiger partial charge in [-0.25, -0.2) is 4.98 Å². The third kappa shape index (κ3) is 4.99. The monoisotopic (exact) mass is 532 g/mol. The van der Waals surface area contributed by atoms with Crippen molar-refractivity contribution in [2.75, 3.05) is 0 Å². The number of amides is 1. The molecule has 0 saturated carbocycles. The van der Waals surface area contributed by atoms with Crippen molar-refractivity contribution in [1.82, 2.24) is 9.88 Å². The summed E-state index contributed by atoms with van der Waals surface area (Å²) < 4.78 is 0. The molecule has 1 unspecified atom stereocenters. The van der Waals surface area contributed by atoms with E-state index in [1.165, 1.54) is 11.3 Å². The number of carbonyl (C=O) groups is 2. The van der Waals surface area contributed by atoms with Crippen LogP contribution in [0.1, 0.15) is 90.2 Å². The van der Waals surface area contributed by atoms with E-state index in [4.69, 9.17) is 0 Å². The standard InChI is InChI=1S/C31H36N2O4S/c1-17-28(38-18(2)32-17)26(35)23-24(33(29(37)27(23)36)16-19-12-10-9-11-13-19)20-14-21(30(3,4)5)25(34)22(15-20)31(6,7)8/h9-15,24,34,36H,16H2,1-8H3. The molecule has 2 aromatic carbocycles. The van der Waals surface area contributed by atoms with Crippen LogP contribution in [0.3, 0.4) is 0 Å². The van der Waals surface area contributed by atoms with E-state index >= 15 is 0 Å². The zero-order valence-corrected chi connectivity index (χ0v) is 24.2. The molecule has 1 aliphatic rings. The number of aromatic nitrogens is 1. The lowest BCUT2D eigenvalue weighted by Gasteiger charge is -2.32. The van der Waals surface area contributed by atoms with Gasteiger partial charge in [-0.1, -0.05) is 71.9 Å². The van der Waals surface area contributed by atoms with Gasteiger partial charge >= 0.3 is 0 Å². The van der Waals surface area contributed by atoms with E-state index in [1.807, 2.05) is 90.9 Å². The smallest absolute Gasteiger partial charge is 0.290 e. The quantitative estimate of drug-likeness (QED) is 0.351. The summed E-state index contributed by atoms with van der Waals surface area (Å²) in [6.45, 7) is 15.9. The molecule has 7 heteroatoms. The number of hydrogen-bond acceptors (Lipinski definition) is 6. The van der Waals surface area contributed by atoms with Crippen molar-refractivity contribution in [3.63, 3.8) is 0 Å². The minimum atomic E-state index is -0.834. The van der Waals surface area contributed by atoms with Gasteiger partial charge in [0.05, 0.1) is 27.2 Å². The molecular weight excluding hydrogens is 496 g/mol. The number of thiazole rings is 1. The number of carbonyl (C=O) groups excluding carboxylic acids is 2. The van der Waals surface area contributed by atoms with Crippen LogP contribution >= 0.6 is 11.3 Å². The Morgan fingerprint density at radius 2 is 1.53 bits per heavy atom. The van der Waals surface area contributed by atoms with Crippen molar-refractivity contribution in [2.24, 2.45) is 0 Å². The van der Waals surface area contributed by atoms with Gasteiger partial charge in [0.1, 0.15) is 5.75 Å². The Kier molecular flexibility index (Phi) is 7.04. The summed E-state index contributed by atoms with van der Waals surface area (Å²) in [6.07, 6.45) is 0. The van der Waals surface area contributed by atoms with Crippen LogP contribution < -0.4 is 0 Å². The van der Waals surface area contributed by atoms with Crippen LogP contribution in [0, 0.1) is 13.8 Å². The Bertz CT molecular complexity index is 1400. The number of aromatic hydroxyl groups is 1. The van der Waals surface area contributed by atoms with Crippen molar-refractivity contribution in [1.29, 1.82) is 0 Å². The highest BCUT2D eigenvalue weighted by atomic mass is 32.1. The van der Waals surface area contributed by atoms with E-state index in [9.17, 15) is 19.8 Å². The molecule has 1 aliphatic heterocycles. The summed E-state index contributed by atoms with van der Waals surface area (Å²) in [4.78, 5) is 33.9. The number of aliphatic hydroxyl groups excluding tert-OH is 1. The van der Waals surface area contributed by atoms with Gasteiger partial charge in [0, 0.05) is 6.54 Å². The Balaban J connectivity index is 1.98. The van der Waals surface area contributed by atoms with Gasteiger partial charge in [-0.05, 0) is 59.1 Å². The van der Waals surface area contributed by atoms with Crippen LogP contribution in [0.5, 0.6) is 5.75 Å². The number of ketones is 1. The van der Waals surface area contributed by atoms with Crippen LogP contribution in [0.15, 0.2) is 53.8 Å². The maximum atomic E-state index is 14.0. The first-order chi connectivity index (χ1) is 17.6. The number of phenols is 1. The fraction of sp³-hybridized carbons (Fsp3) is 0.387. The molecule has 0 radical (unpaired) electrons. The van der Waals surface area contributed by atoms with Gasteiger partial charge in [-0.15, -0.1) is 11.3 Å². The lowest BCUT2D eigenvalue weighted by atomic mass is 9.77. The van der Waals surface area contributed by atoms with Crippen LogP contribution in [0.2, 0.25) is 0 Å². The highest BCUT2D eigenvalue weighted by Gasteiger charge is 2.45. The second kappa shape index (κ2) is 9.70. The maximum Gasteiger partial charge on any atom is 0.290 e. The number of phenolic OH excluding ortho intramolecular Hbond substituents is 1. The van der Waals surface area contributed by atoms with Crippen molar-refractivity contribution < 1.29 is 19.8 Å². The van der Waals surface area contributed by atoms with E-state index in [0.29, 0.717) is 16.1 Å². The minimum absolute atomic E-state index is 0.0445. The van der Waals surface area contributed by atoms with Crippen molar-refractivity contribution in [3.05, 3.63) is 91.6 Å². The molecule has 200 valence electrons. The molecule has 1 amide bonds. The van der Waals surface area contributed by atoms with E-state index in [1.54, 1.807) is 11.8 Å². The SMILES string of the molecule is Cc1nc(C)c(C(=O)C2=C(O)C(=O)N(Cc3ccccc3)C2c2cc(C(C)(C)C)c(O)c(C(C)(C)C)c2)s1. The predicted octanol–water partition coefficient (Wildman–Crippen LogP) is 6.84. The number of aliphatic hydroxyl groups is 1. The van der Waals surface area contributed by atoms with E-state index in [0.717, 1.165) is 21.7 Å². The molecule has 0 saturated heterocycles. The first-order valence-corrected chi connectivity index (χ1v) is 13.6. The molecule has 6 nitrogen and oxygen atoms in total. The second-order valence-electron chi connectivity index (χ2n) is 12.0. The highest BCUT2D eigenvalue weighted by molar-refractivity contribution is 7.14. The fourth-order valence-corrected chi connectivity index (χ4v) is 5.87. The number of hydrogen-bond donors (Lipinski definition) is 2. The molecule has 4 rings (SSSR count). The van der Waals surface area contributed by atoms with Crippen LogP contribution in [0.25, 0.3) is 0 Å². The first-order valence-electron chi connectivity index (χ1n) is 12.8. The highest BCUT2D eigenvalue weighted by Crippen LogP contribution is 2.46. The second-order valence-corrected chi connectivity index (χ2v) is 13.2. The van der Waals surface area contributed by atoms with E-state index < -0.39 is 34.3 Å². The zero-order chi connectivity index (χ0) is 28.2. The number of aryl methyl sites for hydroxylation is 2. The molecule has 1 aromatic heterocycles. The number of Topliss-reactive ketones (excluding diaryl/α,β-unsaturated/α-hetero) is 1. The third-order valence-corrected chi connectivity index (χ3v) is 7.99. The number of rotatable bonds is 5. The summed E-state index contributed by atoms with van der Waals surface area (Å²) in [5.41, 5.74) is 2.79. The average molecular weight is 533 g/mol. The summed E-state index contributed by atoms with van der Waals surface area (Å²) in [7, 11) is 0. The van der Waals surface area contributed by atoms with Gasteiger partial charge in [0.2, 0.25) is 5.78 Å². The van der Waals surface area contributed by atoms with Gasteiger partial charge in [-0.2, -0.15) is 0 Å². The van der Waals surface area contributed by atoms with E-state index in [-0.39, 0.29) is 17.9 Å². The molecule has 2 heterocycles. The summed E-state index contributed by atoms with van der Waals surface area (Å²) in [5, 5.41) is 23.2. The molecule has 3 aromatic rings. The molecule has 2 N–H and O–H groups in total. The minimum Gasteiger partial charge on any atom is -0.507 e. The fourth-order valence-electron chi connectivity index (χ4n) is 5.00. The van der Waals surface area contributed by atoms with Gasteiger partial charge in [-0.3, -0.25) is 9.59 Å². The van der Waals surface area contributed by atoms with Gasteiger partial charge < -0.3 is 15.1 Å². The summed E-state index contributed by atoms with van der Waals surface area (Å²) in [6, 6.07) is 12.4.